The van der Waals surface area contributed by atoms with Gasteiger partial charge in [-0.3, -0.25) is 0 Å². The quantitative estimate of drug-likeness (QED) is 0.852. The minimum absolute atomic E-state index is 0.113. The Morgan fingerprint density at radius 1 is 0.850 bits per heavy atom. The van der Waals surface area contributed by atoms with Crippen molar-refractivity contribution >= 4 is 5.82 Å². The Bertz CT molecular complexity index is 652. The summed E-state index contributed by atoms with van der Waals surface area (Å²) in [7, 11) is 0. The molecular weight excluding hydrogens is 246 g/mol. The van der Waals surface area contributed by atoms with Crippen molar-refractivity contribution in [1.29, 1.82) is 0 Å². The second kappa shape index (κ2) is 4.89. The fraction of sp³-hybridized carbons (Fsp3) is 0.412. The molecule has 0 aliphatic rings. The SMILES string of the molecule is Cc1cc(C)c(-c2cc(N)nc(C(C)(C)C)n2)cc1C. The first-order chi connectivity index (χ1) is 9.18. The summed E-state index contributed by atoms with van der Waals surface area (Å²) in [6, 6.07) is 6.23. The van der Waals surface area contributed by atoms with Gasteiger partial charge in [0.2, 0.25) is 0 Å². The number of aryl methyl sites for hydroxylation is 3. The third-order valence-electron chi connectivity index (χ3n) is 3.53. The van der Waals surface area contributed by atoms with Gasteiger partial charge in [-0.15, -0.1) is 0 Å². The van der Waals surface area contributed by atoms with Crippen LogP contribution in [0.1, 0.15) is 43.3 Å². The monoisotopic (exact) mass is 269 g/mol. The van der Waals surface area contributed by atoms with Crippen LogP contribution in [0.2, 0.25) is 0 Å². The number of rotatable bonds is 1. The van der Waals surface area contributed by atoms with Crippen molar-refractivity contribution in [3.05, 3.63) is 40.7 Å². The second-order valence-corrected chi connectivity index (χ2v) is 6.50. The predicted octanol–water partition coefficient (Wildman–Crippen LogP) is 3.95. The first kappa shape index (κ1) is 14.5. The van der Waals surface area contributed by atoms with Crippen LogP contribution in [0.4, 0.5) is 5.82 Å². The molecule has 0 aliphatic heterocycles. The summed E-state index contributed by atoms with van der Waals surface area (Å²) in [5.41, 5.74) is 11.7. The lowest BCUT2D eigenvalue weighted by Crippen LogP contribution is -2.17. The molecule has 0 atom stereocenters. The highest BCUT2D eigenvalue weighted by Crippen LogP contribution is 2.28. The van der Waals surface area contributed by atoms with Crippen molar-refractivity contribution in [2.45, 2.75) is 47.0 Å². The molecule has 2 N–H and O–H groups in total. The van der Waals surface area contributed by atoms with Crippen LogP contribution in [0, 0.1) is 20.8 Å². The lowest BCUT2D eigenvalue weighted by molar-refractivity contribution is 0.547. The van der Waals surface area contributed by atoms with Crippen LogP contribution in [-0.2, 0) is 5.41 Å². The second-order valence-electron chi connectivity index (χ2n) is 6.50. The van der Waals surface area contributed by atoms with E-state index < -0.39 is 0 Å². The van der Waals surface area contributed by atoms with Crippen molar-refractivity contribution in [2.75, 3.05) is 5.73 Å². The smallest absolute Gasteiger partial charge is 0.136 e. The maximum absolute atomic E-state index is 5.96. The third-order valence-corrected chi connectivity index (χ3v) is 3.53. The third kappa shape index (κ3) is 2.82. The van der Waals surface area contributed by atoms with Gasteiger partial charge in [0.05, 0.1) is 5.69 Å². The summed E-state index contributed by atoms with van der Waals surface area (Å²) >= 11 is 0. The molecule has 0 saturated heterocycles. The van der Waals surface area contributed by atoms with Crippen molar-refractivity contribution in [2.24, 2.45) is 0 Å². The number of aromatic nitrogens is 2. The largest absolute Gasteiger partial charge is 0.384 e. The first-order valence-corrected chi connectivity index (χ1v) is 6.92. The average Bonchev–Trinajstić information content (AvgIpc) is 2.32. The summed E-state index contributed by atoms with van der Waals surface area (Å²) in [6.07, 6.45) is 0. The molecular formula is C17H23N3. The van der Waals surface area contributed by atoms with Gasteiger partial charge in [-0.25, -0.2) is 9.97 Å². The van der Waals surface area contributed by atoms with Crippen molar-refractivity contribution < 1.29 is 0 Å². The summed E-state index contributed by atoms with van der Waals surface area (Å²) in [6.45, 7) is 12.6. The molecule has 0 fully saturated rings. The Morgan fingerprint density at radius 2 is 1.45 bits per heavy atom. The molecule has 106 valence electrons. The molecule has 0 aliphatic carbocycles. The Kier molecular flexibility index (Phi) is 3.55. The van der Waals surface area contributed by atoms with Crippen LogP contribution in [0.25, 0.3) is 11.3 Å². The molecule has 1 heterocycles. The molecule has 3 nitrogen and oxygen atoms in total. The number of nitrogen functional groups attached to an aromatic ring is 1. The maximum Gasteiger partial charge on any atom is 0.136 e. The van der Waals surface area contributed by atoms with E-state index in [9.17, 15) is 0 Å². The molecule has 20 heavy (non-hydrogen) atoms. The minimum atomic E-state index is -0.113. The van der Waals surface area contributed by atoms with Gasteiger partial charge in [0.15, 0.2) is 0 Å². The molecule has 2 aromatic rings. The fourth-order valence-electron chi connectivity index (χ4n) is 2.18. The maximum atomic E-state index is 5.96. The molecule has 3 heteroatoms. The molecule has 0 bridgehead atoms. The normalized spacial score (nSPS) is 11.7. The Morgan fingerprint density at radius 3 is 2.05 bits per heavy atom. The van der Waals surface area contributed by atoms with Gasteiger partial charge >= 0.3 is 0 Å². The molecule has 1 aromatic carbocycles. The molecule has 0 spiro atoms. The summed E-state index contributed by atoms with van der Waals surface area (Å²) in [4.78, 5) is 9.08. The standard InChI is InChI=1S/C17H23N3/c1-10-7-12(3)13(8-11(10)2)14-9-15(18)20-16(19-14)17(4,5)6/h7-9H,1-6H3,(H2,18,19,20). The van der Waals surface area contributed by atoms with E-state index in [1.807, 2.05) is 6.07 Å². The van der Waals surface area contributed by atoms with Crippen LogP contribution in [0.15, 0.2) is 18.2 Å². The average molecular weight is 269 g/mol. The van der Waals surface area contributed by atoms with E-state index in [0.29, 0.717) is 5.82 Å². The number of hydrogen-bond donors (Lipinski definition) is 1. The van der Waals surface area contributed by atoms with E-state index >= 15 is 0 Å². The molecule has 0 saturated carbocycles. The highest BCUT2D eigenvalue weighted by atomic mass is 15.0. The number of anilines is 1. The lowest BCUT2D eigenvalue weighted by Gasteiger charge is -2.18. The zero-order chi connectivity index (χ0) is 15.1. The zero-order valence-electron chi connectivity index (χ0n) is 13.2. The highest BCUT2D eigenvalue weighted by molar-refractivity contribution is 5.67. The molecule has 0 radical (unpaired) electrons. The summed E-state index contributed by atoms with van der Waals surface area (Å²) in [5, 5.41) is 0. The Labute approximate surface area is 121 Å². The van der Waals surface area contributed by atoms with E-state index in [-0.39, 0.29) is 5.41 Å². The summed E-state index contributed by atoms with van der Waals surface area (Å²) < 4.78 is 0. The van der Waals surface area contributed by atoms with Gasteiger partial charge in [-0.05, 0) is 43.5 Å². The molecule has 1 aromatic heterocycles. The van der Waals surface area contributed by atoms with E-state index in [2.05, 4.69) is 58.7 Å². The van der Waals surface area contributed by atoms with Gasteiger partial charge in [-0.1, -0.05) is 26.8 Å². The Hall–Kier alpha value is -1.90. The zero-order valence-corrected chi connectivity index (χ0v) is 13.2. The van der Waals surface area contributed by atoms with E-state index in [4.69, 9.17) is 10.7 Å². The van der Waals surface area contributed by atoms with Gasteiger partial charge in [-0.2, -0.15) is 0 Å². The van der Waals surface area contributed by atoms with Crippen LogP contribution >= 0.6 is 0 Å². The first-order valence-electron chi connectivity index (χ1n) is 6.92. The fourth-order valence-corrected chi connectivity index (χ4v) is 2.18. The van der Waals surface area contributed by atoms with Crippen molar-refractivity contribution in [3.63, 3.8) is 0 Å². The van der Waals surface area contributed by atoms with Gasteiger partial charge < -0.3 is 5.73 Å². The van der Waals surface area contributed by atoms with E-state index in [1.54, 1.807) is 0 Å². The number of nitrogens with zero attached hydrogens (tertiary/aromatic N) is 2. The lowest BCUT2D eigenvalue weighted by atomic mass is 9.94. The van der Waals surface area contributed by atoms with Gasteiger partial charge in [0, 0.05) is 17.0 Å². The highest BCUT2D eigenvalue weighted by Gasteiger charge is 2.19. The van der Waals surface area contributed by atoms with Crippen LogP contribution in [0.3, 0.4) is 0 Å². The van der Waals surface area contributed by atoms with Crippen LogP contribution in [-0.4, -0.2) is 9.97 Å². The van der Waals surface area contributed by atoms with E-state index in [1.165, 1.54) is 16.7 Å². The van der Waals surface area contributed by atoms with Crippen LogP contribution in [0.5, 0.6) is 0 Å². The number of benzene rings is 1. The number of hydrogen-bond acceptors (Lipinski definition) is 3. The van der Waals surface area contributed by atoms with Gasteiger partial charge in [0.1, 0.15) is 11.6 Å². The number of nitrogens with two attached hydrogens (primary N) is 1. The van der Waals surface area contributed by atoms with Crippen molar-refractivity contribution in [3.8, 4) is 11.3 Å². The van der Waals surface area contributed by atoms with Crippen molar-refractivity contribution in [1.82, 2.24) is 9.97 Å². The van der Waals surface area contributed by atoms with Crippen LogP contribution < -0.4 is 5.73 Å². The van der Waals surface area contributed by atoms with Gasteiger partial charge in [0.25, 0.3) is 0 Å². The summed E-state index contributed by atoms with van der Waals surface area (Å²) in [5.74, 6) is 1.31. The topological polar surface area (TPSA) is 51.8 Å². The van der Waals surface area contributed by atoms with E-state index in [0.717, 1.165) is 17.1 Å². The predicted molar refractivity (Wildman–Crippen MR) is 84.8 cm³/mol. The molecule has 0 amide bonds. The Balaban J connectivity index is 2.64. The molecule has 0 unspecified atom stereocenters. The minimum Gasteiger partial charge on any atom is -0.384 e. The molecule has 2 rings (SSSR count).